The number of aromatic amines is 1. The number of hydrogen-bond acceptors (Lipinski definition) is 7. The van der Waals surface area contributed by atoms with Crippen LogP contribution in [0.3, 0.4) is 0 Å². The topological polar surface area (TPSA) is 95.8 Å². The molecule has 154 valence electrons. The number of benzene rings is 1. The smallest absolute Gasteiger partial charge is 0.257 e. The van der Waals surface area contributed by atoms with Gasteiger partial charge in [0.25, 0.3) is 5.89 Å². The zero-order chi connectivity index (χ0) is 20.5. The van der Waals surface area contributed by atoms with Crippen molar-refractivity contribution >= 4 is 11.0 Å². The fourth-order valence-electron chi connectivity index (χ4n) is 4.00. The zero-order valence-electron chi connectivity index (χ0n) is 17.2. The van der Waals surface area contributed by atoms with Crippen molar-refractivity contribution in [2.45, 2.75) is 26.3 Å². The second-order valence-electron chi connectivity index (χ2n) is 7.78. The van der Waals surface area contributed by atoms with Gasteiger partial charge in [0.2, 0.25) is 0 Å². The molecule has 0 amide bonds. The van der Waals surface area contributed by atoms with Gasteiger partial charge in [0.15, 0.2) is 5.82 Å². The molecular weight excluding hydrogens is 378 g/mol. The van der Waals surface area contributed by atoms with Crippen LogP contribution in [0.5, 0.6) is 0 Å². The lowest BCUT2D eigenvalue weighted by Gasteiger charge is -2.33. The molecule has 8 nitrogen and oxygen atoms in total. The van der Waals surface area contributed by atoms with Crippen molar-refractivity contribution in [3.8, 4) is 11.5 Å². The summed E-state index contributed by atoms with van der Waals surface area (Å²) in [5.74, 6) is 2.03. The summed E-state index contributed by atoms with van der Waals surface area (Å²) in [4.78, 5) is 19.5. The van der Waals surface area contributed by atoms with Gasteiger partial charge in [0, 0.05) is 56.1 Å². The van der Waals surface area contributed by atoms with Gasteiger partial charge >= 0.3 is 0 Å². The van der Waals surface area contributed by atoms with Gasteiger partial charge in [0.1, 0.15) is 5.82 Å². The molecule has 30 heavy (non-hydrogen) atoms. The fourth-order valence-corrected chi connectivity index (χ4v) is 4.00. The largest absolute Gasteiger partial charge is 0.342 e. The zero-order valence-corrected chi connectivity index (χ0v) is 17.2. The highest BCUT2D eigenvalue weighted by molar-refractivity contribution is 5.80. The van der Waals surface area contributed by atoms with Crippen molar-refractivity contribution in [1.29, 1.82) is 0 Å². The maximum Gasteiger partial charge on any atom is 0.257 e. The molecule has 1 unspecified atom stereocenters. The van der Waals surface area contributed by atoms with Gasteiger partial charge in [-0.05, 0) is 49.7 Å². The summed E-state index contributed by atoms with van der Waals surface area (Å²) in [5.41, 5.74) is 5.05. The van der Waals surface area contributed by atoms with E-state index in [0.29, 0.717) is 24.2 Å². The summed E-state index contributed by atoms with van der Waals surface area (Å²) in [7, 11) is 0. The van der Waals surface area contributed by atoms with Crippen LogP contribution in [0.1, 0.15) is 35.9 Å². The Morgan fingerprint density at radius 2 is 2.00 bits per heavy atom. The number of piperazine rings is 1. The van der Waals surface area contributed by atoms with Crippen molar-refractivity contribution in [2.75, 3.05) is 26.2 Å². The highest BCUT2D eigenvalue weighted by Gasteiger charge is 2.18. The second-order valence-corrected chi connectivity index (χ2v) is 7.78. The van der Waals surface area contributed by atoms with E-state index in [-0.39, 0.29) is 0 Å². The van der Waals surface area contributed by atoms with Gasteiger partial charge < -0.3 is 14.8 Å². The lowest BCUT2D eigenvalue weighted by Crippen LogP contribution is -2.44. The van der Waals surface area contributed by atoms with E-state index in [2.05, 4.69) is 49.4 Å². The Morgan fingerprint density at radius 1 is 1.13 bits per heavy atom. The monoisotopic (exact) mass is 403 g/mol. The molecule has 0 radical (unpaired) electrons. The van der Waals surface area contributed by atoms with Crippen LogP contribution in [-0.2, 0) is 6.42 Å². The molecule has 4 heterocycles. The molecule has 8 heteroatoms. The summed E-state index contributed by atoms with van der Waals surface area (Å²) in [6, 6.07) is 10.6. The lowest BCUT2D eigenvalue weighted by atomic mass is 10.1. The minimum absolute atomic E-state index is 0.380. The van der Waals surface area contributed by atoms with Gasteiger partial charge in [0.05, 0.1) is 11.0 Å². The van der Waals surface area contributed by atoms with Crippen molar-refractivity contribution in [3.63, 3.8) is 0 Å². The summed E-state index contributed by atoms with van der Waals surface area (Å²) < 4.78 is 5.27. The van der Waals surface area contributed by atoms with Gasteiger partial charge in [-0.25, -0.2) is 4.98 Å². The average Bonchev–Trinajstić information content (AvgIpc) is 3.39. The van der Waals surface area contributed by atoms with E-state index < -0.39 is 0 Å². The van der Waals surface area contributed by atoms with Crippen LogP contribution < -0.4 is 5.32 Å². The van der Waals surface area contributed by atoms with E-state index in [1.165, 1.54) is 5.56 Å². The predicted octanol–water partition coefficient (Wildman–Crippen LogP) is 2.87. The maximum absolute atomic E-state index is 5.27. The molecule has 0 saturated carbocycles. The number of aromatic nitrogens is 5. The number of nitrogens with one attached hydrogen (secondary N) is 2. The normalized spacial score (nSPS) is 16.2. The van der Waals surface area contributed by atoms with Crippen LogP contribution in [0.15, 0.2) is 41.1 Å². The Kier molecular flexibility index (Phi) is 5.02. The number of nitrogens with zero attached hydrogens (tertiary/aromatic N) is 5. The second kappa shape index (κ2) is 7.97. The van der Waals surface area contributed by atoms with Crippen LogP contribution in [0.4, 0.5) is 0 Å². The van der Waals surface area contributed by atoms with Crippen LogP contribution in [0.25, 0.3) is 22.5 Å². The van der Waals surface area contributed by atoms with E-state index in [4.69, 9.17) is 9.51 Å². The fraction of sp³-hybridized carbons (Fsp3) is 0.364. The van der Waals surface area contributed by atoms with Crippen LogP contribution in [0, 0.1) is 6.92 Å². The van der Waals surface area contributed by atoms with E-state index in [1.54, 1.807) is 0 Å². The Bertz CT molecular complexity index is 1160. The summed E-state index contributed by atoms with van der Waals surface area (Å²) in [6.07, 6.45) is 2.56. The van der Waals surface area contributed by atoms with Gasteiger partial charge in [-0.3, -0.25) is 9.88 Å². The first-order valence-electron chi connectivity index (χ1n) is 10.3. The molecule has 1 saturated heterocycles. The van der Waals surface area contributed by atoms with Crippen LogP contribution in [-0.4, -0.2) is 56.2 Å². The minimum Gasteiger partial charge on any atom is -0.342 e. The Balaban J connectivity index is 1.36. The average molecular weight is 403 g/mol. The Morgan fingerprint density at radius 3 is 2.80 bits per heavy atom. The molecule has 1 aliphatic rings. The van der Waals surface area contributed by atoms with Crippen molar-refractivity contribution < 1.29 is 4.52 Å². The highest BCUT2D eigenvalue weighted by Crippen LogP contribution is 2.24. The van der Waals surface area contributed by atoms with Crippen molar-refractivity contribution in [3.05, 3.63) is 59.4 Å². The molecule has 0 spiro atoms. The standard InChI is InChI=1S/C22H25N7O/c1-14(29-9-7-23-8-10-29)16-5-6-24-18(11-16)13-21-26-19-4-3-17(12-20(19)27-21)22-25-15(2)28-30-22/h3-6,11-12,14,23H,7-10,13H2,1-2H3,(H,26,27). The first kappa shape index (κ1) is 18.9. The summed E-state index contributed by atoms with van der Waals surface area (Å²) in [5, 5.41) is 7.28. The Labute approximate surface area is 174 Å². The van der Waals surface area contributed by atoms with Gasteiger partial charge in [-0.2, -0.15) is 4.98 Å². The molecule has 1 atom stereocenters. The van der Waals surface area contributed by atoms with Crippen molar-refractivity contribution in [2.24, 2.45) is 0 Å². The van der Waals surface area contributed by atoms with E-state index in [0.717, 1.165) is 54.3 Å². The molecule has 1 aliphatic heterocycles. The van der Waals surface area contributed by atoms with Gasteiger partial charge in [-0.15, -0.1) is 0 Å². The van der Waals surface area contributed by atoms with Crippen LogP contribution >= 0.6 is 0 Å². The third kappa shape index (κ3) is 3.83. The summed E-state index contributed by atoms with van der Waals surface area (Å²) >= 11 is 0. The third-order valence-corrected chi connectivity index (χ3v) is 5.68. The third-order valence-electron chi connectivity index (χ3n) is 5.68. The van der Waals surface area contributed by atoms with Crippen molar-refractivity contribution in [1.82, 2.24) is 35.3 Å². The molecule has 3 aromatic heterocycles. The number of rotatable bonds is 5. The van der Waals surface area contributed by atoms with Gasteiger partial charge in [-0.1, -0.05) is 5.16 Å². The summed E-state index contributed by atoms with van der Waals surface area (Å²) in [6.45, 7) is 8.32. The molecule has 1 aromatic carbocycles. The SMILES string of the molecule is Cc1noc(-c2ccc3nc(Cc4cc(C(C)N5CCNCC5)ccn4)[nH]c3c2)n1. The first-order chi connectivity index (χ1) is 14.7. The van der Waals surface area contributed by atoms with Crippen LogP contribution in [0.2, 0.25) is 0 Å². The number of hydrogen-bond donors (Lipinski definition) is 2. The highest BCUT2D eigenvalue weighted by atomic mass is 16.5. The number of H-pyrrole nitrogens is 1. The predicted molar refractivity (Wildman–Crippen MR) is 114 cm³/mol. The first-order valence-corrected chi connectivity index (χ1v) is 10.3. The number of fused-ring (bicyclic) bond motifs is 1. The van der Waals surface area contributed by atoms with E-state index in [1.807, 2.05) is 31.3 Å². The van der Waals surface area contributed by atoms with E-state index in [9.17, 15) is 0 Å². The number of pyridine rings is 1. The number of imidazole rings is 1. The molecule has 5 rings (SSSR count). The molecule has 4 aromatic rings. The van der Waals surface area contributed by atoms with E-state index >= 15 is 0 Å². The minimum atomic E-state index is 0.380. The molecule has 0 bridgehead atoms. The molecule has 0 aliphatic carbocycles. The maximum atomic E-state index is 5.27. The lowest BCUT2D eigenvalue weighted by molar-refractivity contribution is 0.185. The molecule has 2 N–H and O–H groups in total. The molecular formula is C22H25N7O. The quantitative estimate of drug-likeness (QED) is 0.529. The Hall–Kier alpha value is -3.10. The molecule has 1 fully saturated rings. The number of aryl methyl sites for hydroxylation is 1.